The molecule has 9 heteroatoms. The second kappa shape index (κ2) is 11.1. The average Bonchev–Trinajstić information content (AvgIpc) is 2.82. The summed E-state index contributed by atoms with van der Waals surface area (Å²) in [6.45, 7) is 9.69. The first-order valence-electron chi connectivity index (χ1n) is 10.7. The Morgan fingerprint density at radius 1 is 1.03 bits per heavy atom. The Morgan fingerprint density at radius 2 is 1.76 bits per heavy atom. The molecular formula is C25H25ClF3N4P. The Labute approximate surface area is 203 Å². The van der Waals surface area contributed by atoms with E-state index < -0.39 is 25.4 Å². The van der Waals surface area contributed by atoms with Gasteiger partial charge in [0.2, 0.25) is 0 Å². The number of benzene rings is 1. The smallest absolute Gasteiger partial charge is 0.146 e. The molecule has 0 saturated heterocycles. The molecule has 0 aliphatic rings. The first-order valence-corrected chi connectivity index (χ1v) is 13.3. The van der Waals surface area contributed by atoms with Gasteiger partial charge in [-0.25, -0.2) is 13.2 Å². The van der Waals surface area contributed by atoms with Crippen molar-refractivity contribution in [1.29, 1.82) is 0 Å². The lowest BCUT2D eigenvalue weighted by Gasteiger charge is -2.16. The largest absolute Gasteiger partial charge is 0.377 e. The molecular weight excluding hydrogens is 480 g/mol. The molecule has 0 radical (unpaired) electrons. The molecule has 0 aliphatic heterocycles. The number of halogens is 4. The maximum atomic E-state index is 15.8. The highest BCUT2D eigenvalue weighted by Crippen LogP contribution is 2.39. The van der Waals surface area contributed by atoms with Gasteiger partial charge < -0.3 is 5.32 Å². The van der Waals surface area contributed by atoms with Crippen LogP contribution in [0.25, 0.3) is 22.0 Å². The lowest BCUT2D eigenvalue weighted by atomic mass is 10.0. The number of nitrogens with zero attached hydrogens (tertiary/aromatic N) is 3. The Hall–Kier alpha value is -2.76. The predicted molar refractivity (Wildman–Crippen MR) is 136 cm³/mol. The van der Waals surface area contributed by atoms with Crippen molar-refractivity contribution in [3.05, 3.63) is 76.6 Å². The standard InChI is InChI=1S/C23H19ClF3N4P.C2H6/c1-12-21(24)23(30-11-17-14(25)5-4-8-28-17)20-16(31-12)9-15(26)19(22(20)27)13-6-7-18(29-10-13)32(2)3;1-2/h4-10H,11H2,1-3H3,(H,30,31);1-2H3. The molecule has 0 amide bonds. The number of hydrogen-bond acceptors (Lipinski definition) is 4. The summed E-state index contributed by atoms with van der Waals surface area (Å²) in [5.41, 5.74) is 1.80. The minimum absolute atomic E-state index is 0.0191. The van der Waals surface area contributed by atoms with Crippen LogP contribution in [0.4, 0.5) is 18.9 Å². The number of rotatable bonds is 5. The van der Waals surface area contributed by atoms with Gasteiger partial charge in [-0.3, -0.25) is 15.0 Å². The molecule has 4 nitrogen and oxygen atoms in total. The van der Waals surface area contributed by atoms with Crippen molar-refractivity contribution in [2.45, 2.75) is 27.3 Å². The maximum absolute atomic E-state index is 15.8. The molecule has 0 bridgehead atoms. The number of anilines is 1. The minimum Gasteiger partial charge on any atom is -0.377 e. The van der Waals surface area contributed by atoms with Crippen LogP contribution in [-0.2, 0) is 6.54 Å². The molecule has 4 rings (SSSR count). The molecule has 178 valence electrons. The summed E-state index contributed by atoms with van der Waals surface area (Å²) in [4.78, 5) is 12.6. The van der Waals surface area contributed by atoms with E-state index in [1.165, 1.54) is 30.6 Å². The van der Waals surface area contributed by atoms with E-state index in [-0.39, 0.29) is 39.4 Å². The van der Waals surface area contributed by atoms with Crippen molar-refractivity contribution >= 4 is 41.5 Å². The summed E-state index contributed by atoms with van der Waals surface area (Å²) in [5, 5.41) is 3.15. The van der Waals surface area contributed by atoms with Crippen LogP contribution >= 0.6 is 19.5 Å². The summed E-state index contributed by atoms with van der Waals surface area (Å²) in [6.07, 6.45) is 2.92. The fraction of sp³-hybridized carbons (Fsp3) is 0.240. The van der Waals surface area contributed by atoms with Gasteiger partial charge in [-0.15, -0.1) is 0 Å². The zero-order chi connectivity index (χ0) is 25.0. The number of nitrogens with one attached hydrogen (secondary N) is 1. The molecule has 0 spiro atoms. The van der Waals surface area contributed by atoms with Crippen LogP contribution in [0.5, 0.6) is 0 Å². The van der Waals surface area contributed by atoms with E-state index in [9.17, 15) is 8.78 Å². The number of pyridine rings is 3. The summed E-state index contributed by atoms with van der Waals surface area (Å²) < 4.78 is 44.8. The minimum atomic E-state index is -0.816. The molecule has 34 heavy (non-hydrogen) atoms. The Bertz CT molecular complexity index is 1310. The fourth-order valence-electron chi connectivity index (χ4n) is 3.40. The highest BCUT2D eigenvalue weighted by Gasteiger charge is 2.22. The highest BCUT2D eigenvalue weighted by atomic mass is 35.5. The van der Waals surface area contributed by atoms with Crippen LogP contribution in [-0.4, -0.2) is 28.3 Å². The van der Waals surface area contributed by atoms with Gasteiger partial charge in [0.25, 0.3) is 0 Å². The van der Waals surface area contributed by atoms with E-state index >= 15 is 4.39 Å². The van der Waals surface area contributed by atoms with E-state index in [1.807, 2.05) is 27.2 Å². The molecule has 4 aromatic rings. The molecule has 0 atom stereocenters. The molecule has 1 N–H and O–H groups in total. The molecule has 3 heterocycles. The van der Waals surface area contributed by atoms with Gasteiger partial charge in [-0.05, 0) is 38.5 Å². The SMILES string of the molecule is CC.Cc1nc2cc(F)c(-c3ccc(P(C)C)nc3)c(F)c2c(NCc2ncccc2F)c1Cl. The van der Waals surface area contributed by atoms with Crippen LogP contribution in [0.15, 0.2) is 42.7 Å². The topological polar surface area (TPSA) is 50.7 Å². The normalized spacial score (nSPS) is 10.9. The third-order valence-corrected chi connectivity index (χ3v) is 6.68. The van der Waals surface area contributed by atoms with E-state index in [1.54, 1.807) is 19.1 Å². The first kappa shape index (κ1) is 25.9. The van der Waals surface area contributed by atoms with Crippen molar-refractivity contribution in [2.24, 2.45) is 0 Å². The number of fused-ring (bicyclic) bond motifs is 1. The maximum Gasteiger partial charge on any atom is 0.146 e. The van der Waals surface area contributed by atoms with Gasteiger partial charge in [-0.1, -0.05) is 39.4 Å². The lowest BCUT2D eigenvalue weighted by molar-refractivity contribution is 0.597. The third kappa shape index (κ3) is 5.16. The second-order valence-electron chi connectivity index (χ2n) is 7.41. The molecule has 0 fully saturated rings. The van der Waals surface area contributed by atoms with Crippen molar-refractivity contribution in [3.8, 4) is 11.1 Å². The number of aryl methyl sites for hydroxylation is 1. The molecule has 1 aromatic carbocycles. The van der Waals surface area contributed by atoms with Gasteiger partial charge in [0.1, 0.15) is 17.5 Å². The van der Waals surface area contributed by atoms with Crippen molar-refractivity contribution in [2.75, 3.05) is 18.6 Å². The van der Waals surface area contributed by atoms with E-state index in [4.69, 9.17) is 11.6 Å². The zero-order valence-corrected chi connectivity index (χ0v) is 21.2. The van der Waals surface area contributed by atoms with Crippen LogP contribution in [0.1, 0.15) is 25.2 Å². The Kier molecular flexibility index (Phi) is 8.45. The van der Waals surface area contributed by atoms with Crippen LogP contribution in [0.2, 0.25) is 5.02 Å². The molecule has 3 aromatic heterocycles. The van der Waals surface area contributed by atoms with Gasteiger partial charge in [0.05, 0.1) is 50.5 Å². The summed E-state index contributed by atoms with van der Waals surface area (Å²) in [7, 11) is -0.436. The van der Waals surface area contributed by atoms with Crippen molar-refractivity contribution in [3.63, 3.8) is 0 Å². The summed E-state index contributed by atoms with van der Waals surface area (Å²) in [5.74, 6) is -2.07. The molecule has 0 saturated carbocycles. The van der Waals surface area contributed by atoms with E-state index in [2.05, 4.69) is 20.3 Å². The average molecular weight is 505 g/mol. The van der Waals surface area contributed by atoms with Crippen LogP contribution in [0.3, 0.4) is 0 Å². The molecule has 0 unspecified atom stereocenters. The summed E-state index contributed by atoms with van der Waals surface area (Å²) in [6, 6.07) is 7.35. The van der Waals surface area contributed by atoms with Gasteiger partial charge >= 0.3 is 0 Å². The number of aromatic nitrogens is 3. The monoisotopic (exact) mass is 504 g/mol. The van der Waals surface area contributed by atoms with Crippen molar-refractivity contribution in [1.82, 2.24) is 15.0 Å². The Morgan fingerprint density at radius 3 is 2.38 bits per heavy atom. The lowest BCUT2D eigenvalue weighted by Crippen LogP contribution is -2.08. The Balaban J connectivity index is 0.00000158. The first-order chi connectivity index (χ1) is 16.3. The number of hydrogen-bond donors (Lipinski definition) is 1. The molecule has 0 aliphatic carbocycles. The highest BCUT2D eigenvalue weighted by molar-refractivity contribution is 7.63. The van der Waals surface area contributed by atoms with Gasteiger partial charge in [0, 0.05) is 24.0 Å². The second-order valence-corrected chi connectivity index (χ2v) is 10.0. The van der Waals surface area contributed by atoms with E-state index in [0.29, 0.717) is 11.3 Å². The zero-order valence-electron chi connectivity index (χ0n) is 19.5. The summed E-state index contributed by atoms with van der Waals surface area (Å²) >= 11 is 6.43. The van der Waals surface area contributed by atoms with Gasteiger partial charge in [0.15, 0.2) is 0 Å². The van der Waals surface area contributed by atoms with E-state index in [0.717, 1.165) is 5.44 Å². The van der Waals surface area contributed by atoms with Gasteiger partial charge in [-0.2, -0.15) is 0 Å². The van der Waals surface area contributed by atoms with Crippen LogP contribution in [0, 0.1) is 24.4 Å². The third-order valence-electron chi connectivity index (χ3n) is 5.03. The van der Waals surface area contributed by atoms with Crippen molar-refractivity contribution < 1.29 is 13.2 Å². The predicted octanol–water partition coefficient (Wildman–Crippen LogP) is 7.08. The van der Waals surface area contributed by atoms with Crippen LogP contribution < -0.4 is 10.8 Å². The quantitative estimate of drug-likeness (QED) is 0.295. The fourth-order valence-corrected chi connectivity index (χ4v) is 4.27.